The van der Waals surface area contributed by atoms with Gasteiger partial charge >= 0.3 is 0 Å². The van der Waals surface area contributed by atoms with E-state index in [-0.39, 0.29) is 12.5 Å². The minimum absolute atomic E-state index is 0.0285. The summed E-state index contributed by atoms with van der Waals surface area (Å²) < 4.78 is 0. The molecule has 94 valence electrons. The molecule has 0 aromatic carbocycles. The lowest BCUT2D eigenvalue weighted by Gasteiger charge is -2.04. The average Bonchev–Trinajstić information content (AvgIpc) is 2.35. The fourth-order valence-electron chi connectivity index (χ4n) is 1.28. The topological polar surface area (TPSA) is 62.2 Å². The summed E-state index contributed by atoms with van der Waals surface area (Å²) in [5.41, 5.74) is 0.929. The van der Waals surface area contributed by atoms with Crippen molar-refractivity contribution in [3.8, 4) is 0 Å². The zero-order valence-electron chi connectivity index (χ0n) is 9.76. The van der Waals surface area contributed by atoms with E-state index in [4.69, 9.17) is 5.11 Å². The molecule has 1 aromatic rings. The van der Waals surface area contributed by atoms with Gasteiger partial charge in [0.25, 0.3) is 0 Å². The lowest BCUT2D eigenvalue weighted by Crippen LogP contribution is -2.27. The summed E-state index contributed by atoms with van der Waals surface area (Å²) in [6.07, 6.45) is 4.60. The Balaban J connectivity index is 2.06. The smallest absolute Gasteiger partial charge is 0.224 e. The molecule has 1 rings (SSSR count). The first-order valence-corrected chi connectivity index (χ1v) is 6.82. The molecular weight excluding hydrogens is 236 g/mol. The van der Waals surface area contributed by atoms with Crippen LogP contribution in [0.4, 0.5) is 0 Å². The molecule has 0 radical (unpaired) electrons. The first kappa shape index (κ1) is 14.0. The van der Waals surface area contributed by atoms with Crippen LogP contribution in [-0.4, -0.2) is 40.7 Å². The summed E-state index contributed by atoms with van der Waals surface area (Å²) in [4.78, 5) is 15.5. The number of nitrogens with zero attached hydrogens (tertiary/aromatic N) is 1. The quantitative estimate of drug-likeness (QED) is 0.675. The summed E-state index contributed by atoms with van der Waals surface area (Å²) in [6, 6.07) is 3.72. The highest BCUT2D eigenvalue weighted by molar-refractivity contribution is 7.99. The predicted octanol–water partition coefficient (Wildman–Crippen LogP) is 0.856. The summed E-state index contributed by atoms with van der Waals surface area (Å²) >= 11 is 1.74. The van der Waals surface area contributed by atoms with Crippen LogP contribution in [0, 0.1) is 0 Å². The Morgan fingerprint density at radius 3 is 3.06 bits per heavy atom. The molecule has 0 unspecified atom stereocenters. The second kappa shape index (κ2) is 9.01. The van der Waals surface area contributed by atoms with Crippen molar-refractivity contribution in [2.75, 3.05) is 24.7 Å². The molecule has 0 bridgehead atoms. The van der Waals surface area contributed by atoms with Gasteiger partial charge < -0.3 is 10.4 Å². The molecule has 0 saturated heterocycles. The van der Waals surface area contributed by atoms with Crippen molar-refractivity contribution >= 4 is 17.7 Å². The van der Waals surface area contributed by atoms with Crippen LogP contribution < -0.4 is 5.32 Å². The fourth-order valence-corrected chi connectivity index (χ4v) is 2.07. The molecule has 0 aliphatic rings. The van der Waals surface area contributed by atoms with Crippen molar-refractivity contribution in [3.05, 3.63) is 30.1 Å². The van der Waals surface area contributed by atoms with Gasteiger partial charge in [0.15, 0.2) is 0 Å². The van der Waals surface area contributed by atoms with E-state index in [2.05, 4.69) is 10.3 Å². The standard InChI is InChI=1S/C12H18N2O2S/c15-6-2-7-17-8-5-14-12(16)9-11-3-1-4-13-10-11/h1,3-4,10,15H,2,5-9H2,(H,14,16). The maximum absolute atomic E-state index is 11.5. The number of thioether (sulfide) groups is 1. The molecule has 0 aliphatic carbocycles. The minimum Gasteiger partial charge on any atom is -0.396 e. The van der Waals surface area contributed by atoms with Crippen molar-refractivity contribution in [2.45, 2.75) is 12.8 Å². The molecule has 0 spiro atoms. The molecule has 2 N–H and O–H groups in total. The number of nitrogens with one attached hydrogen (secondary N) is 1. The zero-order valence-corrected chi connectivity index (χ0v) is 10.6. The number of amides is 1. The Labute approximate surface area is 106 Å². The number of aliphatic hydroxyl groups is 1. The van der Waals surface area contributed by atoms with Gasteiger partial charge in [-0.05, 0) is 23.8 Å². The Morgan fingerprint density at radius 1 is 1.47 bits per heavy atom. The maximum atomic E-state index is 11.5. The van der Waals surface area contributed by atoms with E-state index in [9.17, 15) is 4.79 Å². The van der Waals surface area contributed by atoms with Gasteiger partial charge in [0.05, 0.1) is 6.42 Å². The fraction of sp³-hybridized carbons (Fsp3) is 0.500. The molecule has 1 amide bonds. The lowest BCUT2D eigenvalue weighted by molar-refractivity contribution is -0.120. The van der Waals surface area contributed by atoms with Crippen molar-refractivity contribution in [1.82, 2.24) is 10.3 Å². The number of carbonyl (C=O) groups is 1. The van der Waals surface area contributed by atoms with Gasteiger partial charge in [0.1, 0.15) is 0 Å². The number of rotatable bonds is 8. The van der Waals surface area contributed by atoms with E-state index in [0.717, 1.165) is 23.5 Å². The van der Waals surface area contributed by atoms with E-state index < -0.39 is 0 Å². The molecule has 1 heterocycles. The largest absolute Gasteiger partial charge is 0.396 e. The Bertz CT molecular complexity index is 320. The summed E-state index contributed by atoms with van der Waals surface area (Å²) in [7, 11) is 0. The van der Waals surface area contributed by atoms with E-state index in [1.807, 2.05) is 12.1 Å². The van der Waals surface area contributed by atoms with Crippen LogP contribution in [0.1, 0.15) is 12.0 Å². The van der Waals surface area contributed by atoms with Gasteiger partial charge in [-0.25, -0.2) is 0 Å². The van der Waals surface area contributed by atoms with Crippen molar-refractivity contribution < 1.29 is 9.90 Å². The van der Waals surface area contributed by atoms with Crippen LogP contribution in [0.25, 0.3) is 0 Å². The molecule has 5 heteroatoms. The van der Waals surface area contributed by atoms with Crippen molar-refractivity contribution in [3.63, 3.8) is 0 Å². The van der Waals surface area contributed by atoms with Gasteiger partial charge in [-0.1, -0.05) is 6.07 Å². The molecule has 17 heavy (non-hydrogen) atoms. The molecule has 0 saturated carbocycles. The normalized spacial score (nSPS) is 10.2. The van der Waals surface area contributed by atoms with Crippen LogP contribution >= 0.6 is 11.8 Å². The highest BCUT2D eigenvalue weighted by atomic mass is 32.2. The predicted molar refractivity (Wildman–Crippen MR) is 70.0 cm³/mol. The highest BCUT2D eigenvalue weighted by Gasteiger charge is 2.01. The van der Waals surface area contributed by atoms with Gasteiger partial charge in [-0.3, -0.25) is 9.78 Å². The number of aliphatic hydroxyl groups excluding tert-OH is 1. The zero-order chi connectivity index (χ0) is 12.3. The minimum atomic E-state index is 0.0285. The second-order valence-electron chi connectivity index (χ2n) is 3.58. The Hall–Kier alpha value is -1.07. The Morgan fingerprint density at radius 2 is 2.35 bits per heavy atom. The molecule has 0 aliphatic heterocycles. The van der Waals surface area contributed by atoms with Crippen LogP contribution in [0.3, 0.4) is 0 Å². The molecule has 4 nitrogen and oxygen atoms in total. The SMILES string of the molecule is O=C(Cc1cccnc1)NCCSCCCO. The maximum Gasteiger partial charge on any atom is 0.224 e. The molecule has 0 fully saturated rings. The van der Waals surface area contributed by atoms with E-state index in [0.29, 0.717) is 13.0 Å². The number of hydrogen-bond acceptors (Lipinski definition) is 4. The third kappa shape index (κ3) is 6.97. The highest BCUT2D eigenvalue weighted by Crippen LogP contribution is 2.00. The van der Waals surface area contributed by atoms with Crippen LogP contribution in [0.15, 0.2) is 24.5 Å². The summed E-state index contributed by atoms with van der Waals surface area (Å²) in [5.74, 6) is 1.86. The second-order valence-corrected chi connectivity index (χ2v) is 4.80. The van der Waals surface area contributed by atoms with Crippen LogP contribution in [0.2, 0.25) is 0 Å². The monoisotopic (exact) mass is 254 g/mol. The van der Waals surface area contributed by atoms with Crippen molar-refractivity contribution in [2.24, 2.45) is 0 Å². The number of pyridine rings is 1. The van der Waals surface area contributed by atoms with Gasteiger partial charge in [-0.15, -0.1) is 0 Å². The van der Waals surface area contributed by atoms with Crippen LogP contribution in [-0.2, 0) is 11.2 Å². The van der Waals surface area contributed by atoms with Crippen LogP contribution in [0.5, 0.6) is 0 Å². The first-order valence-electron chi connectivity index (χ1n) is 5.67. The van der Waals surface area contributed by atoms with Gasteiger partial charge in [-0.2, -0.15) is 11.8 Å². The Kier molecular flexibility index (Phi) is 7.42. The van der Waals surface area contributed by atoms with Gasteiger partial charge in [0.2, 0.25) is 5.91 Å². The van der Waals surface area contributed by atoms with Gasteiger partial charge in [0, 0.05) is 31.3 Å². The number of hydrogen-bond donors (Lipinski definition) is 2. The third-order valence-corrected chi connectivity index (χ3v) is 3.17. The first-order chi connectivity index (χ1) is 8.33. The van der Waals surface area contributed by atoms with E-state index in [1.54, 1.807) is 24.2 Å². The number of aromatic nitrogens is 1. The molecular formula is C12H18N2O2S. The lowest BCUT2D eigenvalue weighted by atomic mass is 10.2. The van der Waals surface area contributed by atoms with Crippen molar-refractivity contribution in [1.29, 1.82) is 0 Å². The number of carbonyl (C=O) groups excluding carboxylic acids is 1. The summed E-state index contributed by atoms with van der Waals surface area (Å²) in [6.45, 7) is 0.912. The van der Waals surface area contributed by atoms with E-state index in [1.165, 1.54) is 0 Å². The average molecular weight is 254 g/mol. The molecule has 1 aromatic heterocycles. The third-order valence-electron chi connectivity index (χ3n) is 2.10. The summed E-state index contributed by atoms with van der Waals surface area (Å²) in [5, 5.41) is 11.4. The van der Waals surface area contributed by atoms with E-state index >= 15 is 0 Å². The molecule has 0 atom stereocenters.